The summed E-state index contributed by atoms with van der Waals surface area (Å²) < 4.78 is 16.7. The van der Waals surface area contributed by atoms with Crippen LogP contribution in [0.5, 0.6) is 0 Å². The van der Waals surface area contributed by atoms with Gasteiger partial charge in [0.2, 0.25) is 5.78 Å². The van der Waals surface area contributed by atoms with Crippen molar-refractivity contribution < 1.29 is 45.5 Å². The first kappa shape index (κ1) is 22.2. The number of rotatable bonds is 9. The van der Waals surface area contributed by atoms with Gasteiger partial charge in [-0.15, -0.1) is 0 Å². The Kier molecular flexibility index (Phi) is 10.9. The standard InChI is InChI=1S/C14H26O5.Ti/c1-9(2)17-14(18-10(3)4,19-11(5)6)13(16)8-12(7)15;/h9-11H,8H2,1-7H3;. The van der Waals surface area contributed by atoms with Crippen LogP contribution < -0.4 is 0 Å². The Bertz CT molecular complexity index is 286. The van der Waals surface area contributed by atoms with Crippen molar-refractivity contribution in [1.82, 2.24) is 0 Å². The van der Waals surface area contributed by atoms with Crippen molar-refractivity contribution in [2.75, 3.05) is 0 Å². The molecular formula is C14H26O5Ti. The maximum Gasteiger partial charge on any atom is 0.347 e. The fourth-order valence-corrected chi connectivity index (χ4v) is 1.55. The molecule has 0 aromatic heterocycles. The van der Waals surface area contributed by atoms with E-state index in [0.717, 1.165) is 0 Å². The number of carbonyl (C=O) groups excluding carboxylic acids is 2. The van der Waals surface area contributed by atoms with Crippen molar-refractivity contribution in [3.05, 3.63) is 0 Å². The van der Waals surface area contributed by atoms with Crippen LogP contribution in [-0.2, 0) is 45.5 Å². The number of Topliss-reactive ketones (excluding diaryl/α,β-unsaturated/α-hetero) is 2. The monoisotopic (exact) mass is 322 g/mol. The fraction of sp³-hybridized carbons (Fsp3) is 0.857. The predicted molar refractivity (Wildman–Crippen MR) is 71.7 cm³/mol. The summed E-state index contributed by atoms with van der Waals surface area (Å²) in [7, 11) is 0. The predicted octanol–water partition coefficient (Wildman–Crippen LogP) is 2.46. The molecule has 0 heterocycles. The minimum Gasteiger partial charge on any atom is -0.318 e. The molecule has 0 saturated heterocycles. The van der Waals surface area contributed by atoms with E-state index in [9.17, 15) is 9.59 Å². The third kappa shape index (κ3) is 8.27. The molecule has 0 spiro atoms. The molecule has 0 aromatic carbocycles. The molecule has 0 atom stereocenters. The van der Waals surface area contributed by atoms with Crippen molar-refractivity contribution in [2.24, 2.45) is 0 Å². The molecule has 6 heteroatoms. The van der Waals surface area contributed by atoms with E-state index >= 15 is 0 Å². The van der Waals surface area contributed by atoms with Gasteiger partial charge in [-0.1, -0.05) is 0 Å². The molecule has 116 valence electrons. The summed E-state index contributed by atoms with van der Waals surface area (Å²) in [6.07, 6.45) is -1.08. The van der Waals surface area contributed by atoms with Crippen LogP contribution in [0.15, 0.2) is 0 Å². The third-order valence-electron chi connectivity index (χ3n) is 1.92. The molecule has 0 aliphatic heterocycles. The maximum atomic E-state index is 12.3. The van der Waals surface area contributed by atoms with Gasteiger partial charge in [0.15, 0.2) is 0 Å². The van der Waals surface area contributed by atoms with Crippen molar-refractivity contribution in [2.45, 2.75) is 79.2 Å². The van der Waals surface area contributed by atoms with Gasteiger partial charge >= 0.3 is 5.97 Å². The second-order valence-corrected chi connectivity index (χ2v) is 5.36. The first-order chi connectivity index (χ1) is 8.59. The van der Waals surface area contributed by atoms with Crippen LogP contribution in [0.1, 0.15) is 54.9 Å². The quantitative estimate of drug-likeness (QED) is 0.371. The van der Waals surface area contributed by atoms with Crippen molar-refractivity contribution in [3.8, 4) is 0 Å². The van der Waals surface area contributed by atoms with Crippen LogP contribution in [0.4, 0.5) is 0 Å². The zero-order valence-electron chi connectivity index (χ0n) is 13.5. The van der Waals surface area contributed by atoms with Gasteiger partial charge in [-0.2, -0.15) is 0 Å². The summed E-state index contributed by atoms with van der Waals surface area (Å²) in [5.74, 6) is -2.56. The van der Waals surface area contributed by atoms with Crippen LogP contribution in [-0.4, -0.2) is 35.9 Å². The molecule has 0 aliphatic rings. The molecule has 0 aromatic rings. The molecule has 0 rings (SSSR count). The Labute approximate surface area is 136 Å². The summed E-state index contributed by atoms with van der Waals surface area (Å²) in [6.45, 7) is 12.0. The van der Waals surface area contributed by atoms with E-state index in [1.54, 1.807) is 41.5 Å². The van der Waals surface area contributed by atoms with Crippen LogP contribution >= 0.6 is 0 Å². The van der Waals surface area contributed by atoms with Crippen LogP contribution in [0.3, 0.4) is 0 Å². The zero-order chi connectivity index (χ0) is 15.2. The van der Waals surface area contributed by atoms with Gasteiger partial charge in [-0.25, -0.2) is 0 Å². The van der Waals surface area contributed by atoms with Gasteiger partial charge in [0.1, 0.15) is 5.78 Å². The molecule has 0 bridgehead atoms. The van der Waals surface area contributed by atoms with Crippen molar-refractivity contribution in [3.63, 3.8) is 0 Å². The Morgan fingerprint density at radius 3 is 1.35 bits per heavy atom. The Morgan fingerprint density at radius 1 is 0.850 bits per heavy atom. The van der Waals surface area contributed by atoms with Crippen molar-refractivity contribution in [1.29, 1.82) is 0 Å². The molecule has 0 N–H and O–H groups in total. The van der Waals surface area contributed by atoms with E-state index in [1.807, 2.05) is 0 Å². The molecule has 20 heavy (non-hydrogen) atoms. The van der Waals surface area contributed by atoms with E-state index in [-0.39, 0.29) is 52.2 Å². The number of ketones is 2. The Hall–Kier alpha value is -0.0657. The van der Waals surface area contributed by atoms with E-state index in [1.165, 1.54) is 6.92 Å². The first-order valence-corrected chi connectivity index (χ1v) is 6.65. The number of ether oxygens (including phenoxy) is 3. The minimum atomic E-state index is -1.80. The molecular weight excluding hydrogens is 296 g/mol. The summed E-state index contributed by atoms with van der Waals surface area (Å²) in [4.78, 5) is 23.5. The van der Waals surface area contributed by atoms with Gasteiger partial charge in [0, 0.05) is 21.7 Å². The second kappa shape index (κ2) is 9.80. The number of hydrogen-bond donors (Lipinski definition) is 0. The SMILES string of the molecule is CC(=O)CC(=O)C(OC(C)C)(OC(C)C)OC(C)C.[Ti]. The number of hydrogen-bond acceptors (Lipinski definition) is 5. The molecule has 0 unspecified atom stereocenters. The molecule has 5 nitrogen and oxygen atoms in total. The average molecular weight is 322 g/mol. The first-order valence-electron chi connectivity index (χ1n) is 6.65. The zero-order valence-corrected chi connectivity index (χ0v) is 15.0. The van der Waals surface area contributed by atoms with Gasteiger partial charge < -0.3 is 14.2 Å². The third-order valence-corrected chi connectivity index (χ3v) is 1.92. The van der Waals surface area contributed by atoms with Crippen LogP contribution in [0.25, 0.3) is 0 Å². The Balaban J connectivity index is 0. The molecule has 0 fully saturated rings. The summed E-state index contributed by atoms with van der Waals surface area (Å²) in [5.41, 5.74) is 0. The molecule has 0 saturated carbocycles. The average Bonchev–Trinajstić information content (AvgIpc) is 2.12. The van der Waals surface area contributed by atoms with Crippen LogP contribution in [0, 0.1) is 0 Å². The summed E-state index contributed by atoms with van der Waals surface area (Å²) in [6, 6.07) is 0. The van der Waals surface area contributed by atoms with E-state index < -0.39 is 11.8 Å². The Morgan fingerprint density at radius 2 is 1.15 bits per heavy atom. The summed E-state index contributed by atoms with van der Waals surface area (Å²) >= 11 is 0. The van der Waals surface area contributed by atoms with Gasteiger partial charge in [0.05, 0.1) is 24.7 Å². The van der Waals surface area contributed by atoms with Gasteiger partial charge in [-0.05, 0) is 48.5 Å². The smallest absolute Gasteiger partial charge is 0.318 e. The molecule has 0 amide bonds. The van der Waals surface area contributed by atoms with E-state index in [0.29, 0.717) is 0 Å². The number of carbonyl (C=O) groups is 2. The fourth-order valence-electron chi connectivity index (χ4n) is 1.55. The maximum absolute atomic E-state index is 12.3. The summed E-state index contributed by atoms with van der Waals surface area (Å²) in [5, 5.41) is 0. The molecule has 0 aliphatic carbocycles. The molecule has 0 radical (unpaired) electrons. The van der Waals surface area contributed by atoms with E-state index in [4.69, 9.17) is 14.2 Å². The van der Waals surface area contributed by atoms with Gasteiger partial charge in [-0.3, -0.25) is 9.59 Å². The van der Waals surface area contributed by atoms with Gasteiger partial charge in [0.25, 0.3) is 0 Å². The topological polar surface area (TPSA) is 61.8 Å². The van der Waals surface area contributed by atoms with E-state index in [2.05, 4.69) is 0 Å². The van der Waals surface area contributed by atoms with Crippen molar-refractivity contribution >= 4 is 11.6 Å². The normalized spacial score (nSPS) is 11.9. The largest absolute Gasteiger partial charge is 0.347 e. The second-order valence-electron chi connectivity index (χ2n) is 5.36. The minimum absolute atomic E-state index is 0. The van der Waals surface area contributed by atoms with Crippen LogP contribution in [0.2, 0.25) is 0 Å².